The van der Waals surface area contributed by atoms with Crippen molar-refractivity contribution in [1.82, 2.24) is 4.57 Å². The van der Waals surface area contributed by atoms with E-state index >= 15 is 0 Å². The third-order valence-corrected chi connectivity index (χ3v) is 4.21. The number of aryl methyl sites for hydroxylation is 1. The first kappa shape index (κ1) is 14.0. The highest BCUT2D eigenvalue weighted by Gasteiger charge is 2.07. The topological polar surface area (TPSA) is 26.2 Å². The molecule has 0 aliphatic rings. The second kappa shape index (κ2) is 5.70. The maximum atomic E-state index is 5.24. The molecule has 0 saturated heterocycles. The molecule has 4 heteroatoms. The zero-order chi connectivity index (χ0) is 14.0. The van der Waals surface area contributed by atoms with Crippen LogP contribution in [0.3, 0.4) is 0 Å². The van der Waals surface area contributed by atoms with Gasteiger partial charge in [0.05, 0.1) is 12.8 Å². The number of nitrogens with zero attached hydrogens (tertiary/aromatic N) is 1. The van der Waals surface area contributed by atoms with E-state index in [2.05, 4.69) is 52.8 Å². The Morgan fingerprint density at radius 2 is 2.00 bits per heavy atom. The highest BCUT2D eigenvalue weighted by atomic mass is 79.9. The van der Waals surface area contributed by atoms with Crippen molar-refractivity contribution in [2.24, 2.45) is 7.05 Å². The molecular formula is C15H19BrN2O. The lowest BCUT2D eigenvalue weighted by atomic mass is 10.2. The molecule has 0 spiro atoms. The molecule has 0 radical (unpaired) electrons. The van der Waals surface area contributed by atoms with Gasteiger partial charge in [0.15, 0.2) is 0 Å². The molecule has 19 heavy (non-hydrogen) atoms. The second-order valence-electron chi connectivity index (χ2n) is 4.65. The number of ether oxygens (including phenoxy) is 1. The Balaban J connectivity index is 2.16. The van der Waals surface area contributed by atoms with Crippen LogP contribution in [-0.2, 0) is 13.6 Å². The maximum absolute atomic E-state index is 5.24. The van der Waals surface area contributed by atoms with Crippen LogP contribution < -0.4 is 10.1 Å². The van der Waals surface area contributed by atoms with Gasteiger partial charge >= 0.3 is 0 Å². The summed E-state index contributed by atoms with van der Waals surface area (Å²) in [5, 5.41) is 3.45. The predicted molar refractivity (Wildman–Crippen MR) is 82.9 cm³/mol. The molecule has 3 nitrogen and oxygen atoms in total. The van der Waals surface area contributed by atoms with Crippen LogP contribution in [0.1, 0.15) is 17.0 Å². The summed E-state index contributed by atoms with van der Waals surface area (Å²) in [6.45, 7) is 5.07. The summed E-state index contributed by atoms with van der Waals surface area (Å²) in [4.78, 5) is 0. The summed E-state index contributed by atoms with van der Waals surface area (Å²) in [5.41, 5.74) is 4.93. The summed E-state index contributed by atoms with van der Waals surface area (Å²) < 4.78 is 8.49. The summed E-state index contributed by atoms with van der Waals surface area (Å²) in [6.07, 6.45) is 0. The molecule has 0 atom stereocenters. The van der Waals surface area contributed by atoms with Gasteiger partial charge in [0, 0.05) is 35.5 Å². The zero-order valence-corrected chi connectivity index (χ0v) is 13.3. The van der Waals surface area contributed by atoms with Crippen molar-refractivity contribution >= 4 is 21.6 Å². The minimum absolute atomic E-state index is 0.805. The lowest BCUT2D eigenvalue weighted by Gasteiger charge is -2.10. The lowest BCUT2D eigenvalue weighted by Crippen LogP contribution is -2.02. The summed E-state index contributed by atoms with van der Waals surface area (Å²) in [7, 11) is 3.77. The highest BCUT2D eigenvalue weighted by Crippen LogP contribution is 2.28. The first-order valence-corrected chi connectivity index (χ1v) is 7.01. The number of benzene rings is 1. The van der Waals surface area contributed by atoms with Gasteiger partial charge in [-0.2, -0.15) is 0 Å². The van der Waals surface area contributed by atoms with E-state index in [4.69, 9.17) is 4.74 Å². The Bertz CT molecular complexity index is 590. The van der Waals surface area contributed by atoms with Crippen molar-refractivity contribution in [3.05, 3.63) is 45.7 Å². The Kier molecular flexibility index (Phi) is 4.20. The SMILES string of the molecule is COc1ccc(Br)c(NCc2cc(C)n(C)c2C)c1. The van der Waals surface area contributed by atoms with Crippen LogP contribution in [0.4, 0.5) is 5.69 Å². The van der Waals surface area contributed by atoms with E-state index in [0.717, 1.165) is 22.5 Å². The monoisotopic (exact) mass is 322 g/mol. The molecule has 0 bridgehead atoms. The van der Waals surface area contributed by atoms with Gasteiger partial charge in [-0.3, -0.25) is 0 Å². The van der Waals surface area contributed by atoms with Crippen LogP contribution in [0.5, 0.6) is 5.75 Å². The van der Waals surface area contributed by atoms with Crippen molar-refractivity contribution in [2.75, 3.05) is 12.4 Å². The van der Waals surface area contributed by atoms with Gasteiger partial charge in [-0.25, -0.2) is 0 Å². The Morgan fingerprint density at radius 3 is 2.58 bits per heavy atom. The number of hydrogen-bond donors (Lipinski definition) is 1. The van der Waals surface area contributed by atoms with E-state index in [-0.39, 0.29) is 0 Å². The van der Waals surface area contributed by atoms with Gasteiger partial charge < -0.3 is 14.6 Å². The molecule has 0 fully saturated rings. The zero-order valence-electron chi connectivity index (χ0n) is 11.7. The number of nitrogens with one attached hydrogen (secondary N) is 1. The van der Waals surface area contributed by atoms with E-state index < -0.39 is 0 Å². The average molecular weight is 323 g/mol. The Labute approximate surface area is 122 Å². The van der Waals surface area contributed by atoms with Gasteiger partial charge in [0.25, 0.3) is 0 Å². The molecule has 2 rings (SSSR count). The number of methoxy groups -OCH3 is 1. The molecule has 1 heterocycles. The Hall–Kier alpha value is -1.42. The normalized spacial score (nSPS) is 10.6. The number of anilines is 1. The van der Waals surface area contributed by atoms with E-state index in [1.54, 1.807) is 7.11 Å². The molecule has 0 aliphatic heterocycles. The summed E-state index contributed by atoms with van der Waals surface area (Å²) in [5.74, 6) is 0.853. The molecule has 0 amide bonds. The van der Waals surface area contributed by atoms with Gasteiger partial charge in [0.1, 0.15) is 5.75 Å². The molecule has 1 aromatic carbocycles. The fraction of sp³-hybridized carbons (Fsp3) is 0.333. The molecule has 0 aliphatic carbocycles. The van der Waals surface area contributed by atoms with Crippen molar-refractivity contribution < 1.29 is 4.74 Å². The number of hydrogen-bond acceptors (Lipinski definition) is 2. The van der Waals surface area contributed by atoms with Gasteiger partial charge in [0.2, 0.25) is 0 Å². The average Bonchev–Trinajstić information content (AvgIpc) is 2.65. The van der Waals surface area contributed by atoms with Crippen LogP contribution in [0.2, 0.25) is 0 Å². The molecular weight excluding hydrogens is 304 g/mol. The minimum Gasteiger partial charge on any atom is -0.497 e. The van der Waals surface area contributed by atoms with Gasteiger partial charge in [-0.15, -0.1) is 0 Å². The van der Waals surface area contributed by atoms with Crippen molar-refractivity contribution in [1.29, 1.82) is 0 Å². The molecule has 0 saturated carbocycles. The van der Waals surface area contributed by atoms with Crippen molar-refractivity contribution in [3.63, 3.8) is 0 Å². The molecule has 1 aromatic heterocycles. The largest absolute Gasteiger partial charge is 0.497 e. The number of halogens is 1. The van der Waals surface area contributed by atoms with E-state index in [1.807, 2.05) is 18.2 Å². The second-order valence-corrected chi connectivity index (χ2v) is 5.51. The smallest absolute Gasteiger partial charge is 0.121 e. The van der Waals surface area contributed by atoms with Crippen molar-refractivity contribution in [3.8, 4) is 5.75 Å². The van der Waals surface area contributed by atoms with E-state index in [9.17, 15) is 0 Å². The predicted octanol–water partition coefficient (Wildman–Crippen LogP) is 4.03. The first-order valence-electron chi connectivity index (χ1n) is 6.22. The molecule has 1 N–H and O–H groups in total. The van der Waals surface area contributed by atoms with Crippen LogP contribution in [0, 0.1) is 13.8 Å². The summed E-state index contributed by atoms with van der Waals surface area (Å²) >= 11 is 3.55. The van der Waals surface area contributed by atoms with Crippen LogP contribution in [0.25, 0.3) is 0 Å². The third-order valence-electron chi connectivity index (χ3n) is 3.52. The van der Waals surface area contributed by atoms with Crippen LogP contribution >= 0.6 is 15.9 Å². The lowest BCUT2D eigenvalue weighted by molar-refractivity contribution is 0.415. The van der Waals surface area contributed by atoms with Crippen molar-refractivity contribution in [2.45, 2.75) is 20.4 Å². The standard InChI is InChI=1S/C15H19BrN2O/c1-10-7-12(11(2)18(10)3)9-17-15-8-13(19-4)5-6-14(15)16/h5-8,17H,9H2,1-4H3. The third kappa shape index (κ3) is 2.95. The highest BCUT2D eigenvalue weighted by molar-refractivity contribution is 9.10. The number of aromatic nitrogens is 1. The fourth-order valence-corrected chi connectivity index (χ4v) is 2.46. The maximum Gasteiger partial charge on any atom is 0.121 e. The van der Waals surface area contributed by atoms with E-state index in [1.165, 1.54) is 17.0 Å². The van der Waals surface area contributed by atoms with Crippen LogP contribution in [0.15, 0.2) is 28.7 Å². The minimum atomic E-state index is 0.805. The quantitative estimate of drug-likeness (QED) is 0.919. The Morgan fingerprint density at radius 1 is 1.26 bits per heavy atom. The molecule has 0 unspecified atom stereocenters. The number of rotatable bonds is 4. The van der Waals surface area contributed by atoms with Crippen LogP contribution in [-0.4, -0.2) is 11.7 Å². The molecule has 2 aromatic rings. The van der Waals surface area contributed by atoms with Gasteiger partial charge in [-0.05, 0) is 53.5 Å². The summed E-state index contributed by atoms with van der Waals surface area (Å²) in [6, 6.07) is 8.14. The molecule has 102 valence electrons. The fourth-order valence-electron chi connectivity index (χ4n) is 2.07. The first-order chi connectivity index (χ1) is 9.02. The van der Waals surface area contributed by atoms with Gasteiger partial charge in [-0.1, -0.05) is 0 Å². The van der Waals surface area contributed by atoms with E-state index in [0.29, 0.717) is 0 Å².